The molecule has 0 spiro atoms. The van der Waals surface area contributed by atoms with E-state index in [1.165, 1.54) is 0 Å². The van der Waals surface area contributed by atoms with E-state index in [9.17, 15) is 18.0 Å². The van der Waals surface area contributed by atoms with E-state index in [1.54, 1.807) is 0 Å². The number of likely N-dealkylation sites (tertiary alicyclic amines) is 2. The monoisotopic (exact) mass is 332 g/mol. The molecular weight excluding hydrogens is 305 g/mol. The molecule has 6 heteroatoms. The summed E-state index contributed by atoms with van der Waals surface area (Å²) in [5.41, 5.74) is 0. The van der Waals surface area contributed by atoms with Crippen LogP contribution in [0.1, 0.15) is 51.4 Å². The summed E-state index contributed by atoms with van der Waals surface area (Å²) in [6, 6.07) is 0.602. The first-order valence-corrected chi connectivity index (χ1v) is 8.95. The van der Waals surface area contributed by atoms with Crippen molar-refractivity contribution in [1.82, 2.24) is 9.80 Å². The Bertz CT molecular complexity index is 440. The SMILES string of the molecule is CN1CCC[C@@H]1[C@@H]1CCCN1C(=O)[C@@H]1CCC[C@H](C(F)(F)F)C1. The number of hydrogen-bond donors (Lipinski definition) is 0. The Labute approximate surface area is 136 Å². The minimum absolute atomic E-state index is 0.00788. The Balaban J connectivity index is 1.66. The van der Waals surface area contributed by atoms with Crippen molar-refractivity contribution in [2.24, 2.45) is 11.8 Å². The zero-order valence-electron chi connectivity index (χ0n) is 13.8. The fraction of sp³-hybridized carbons (Fsp3) is 0.941. The van der Waals surface area contributed by atoms with Gasteiger partial charge in [0.2, 0.25) is 5.91 Å². The van der Waals surface area contributed by atoms with E-state index in [2.05, 4.69) is 11.9 Å². The molecule has 1 saturated carbocycles. The van der Waals surface area contributed by atoms with Crippen molar-refractivity contribution in [1.29, 1.82) is 0 Å². The maximum Gasteiger partial charge on any atom is 0.391 e. The van der Waals surface area contributed by atoms with Crippen LogP contribution in [0.25, 0.3) is 0 Å². The molecule has 132 valence electrons. The van der Waals surface area contributed by atoms with Crippen molar-refractivity contribution in [2.75, 3.05) is 20.1 Å². The summed E-state index contributed by atoms with van der Waals surface area (Å²) in [7, 11) is 2.10. The first kappa shape index (κ1) is 17.1. The van der Waals surface area contributed by atoms with E-state index in [1.807, 2.05) is 4.90 Å². The summed E-state index contributed by atoms with van der Waals surface area (Å²) in [6.07, 6.45) is 1.38. The zero-order valence-corrected chi connectivity index (χ0v) is 13.8. The minimum atomic E-state index is -4.16. The first-order chi connectivity index (χ1) is 10.9. The number of amides is 1. The van der Waals surface area contributed by atoms with Gasteiger partial charge in [0.15, 0.2) is 0 Å². The van der Waals surface area contributed by atoms with Crippen molar-refractivity contribution < 1.29 is 18.0 Å². The highest BCUT2D eigenvalue weighted by molar-refractivity contribution is 5.79. The van der Waals surface area contributed by atoms with Gasteiger partial charge < -0.3 is 9.80 Å². The fourth-order valence-electron chi connectivity index (χ4n) is 4.83. The predicted octanol–water partition coefficient (Wildman–Crippen LogP) is 3.44. The highest BCUT2D eigenvalue weighted by atomic mass is 19.4. The number of likely N-dealkylation sites (N-methyl/N-ethyl adjacent to an activating group) is 1. The molecule has 1 aliphatic carbocycles. The lowest BCUT2D eigenvalue weighted by atomic mass is 9.80. The maximum absolute atomic E-state index is 13.0. The molecule has 0 aromatic heterocycles. The Morgan fingerprint density at radius 1 is 0.957 bits per heavy atom. The number of alkyl halides is 3. The van der Waals surface area contributed by atoms with Gasteiger partial charge in [-0.3, -0.25) is 4.79 Å². The molecule has 2 saturated heterocycles. The van der Waals surface area contributed by atoms with E-state index >= 15 is 0 Å². The second-order valence-electron chi connectivity index (χ2n) is 7.53. The molecule has 2 heterocycles. The molecule has 23 heavy (non-hydrogen) atoms. The smallest absolute Gasteiger partial charge is 0.338 e. The highest BCUT2D eigenvalue weighted by Gasteiger charge is 2.46. The maximum atomic E-state index is 13.0. The van der Waals surface area contributed by atoms with Crippen LogP contribution in [0.2, 0.25) is 0 Å². The summed E-state index contributed by atoms with van der Waals surface area (Å²) >= 11 is 0. The number of rotatable bonds is 2. The lowest BCUT2D eigenvalue weighted by Crippen LogP contribution is -2.49. The number of carbonyl (C=O) groups is 1. The van der Waals surface area contributed by atoms with Gasteiger partial charge in [-0.25, -0.2) is 0 Å². The van der Waals surface area contributed by atoms with Crippen LogP contribution >= 0.6 is 0 Å². The van der Waals surface area contributed by atoms with E-state index in [-0.39, 0.29) is 24.8 Å². The van der Waals surface area contributed by atoms with Gasteiger partial charge >= 0.3 is 6.18 Å². The van der Waals surface area contributed by atoms with Crippen LogP contribution in [0.3, 0.4) is 0 Å². The van der Waals surface area contributed by atoms with Crippen LogP contribution in [-0.2, 0) is 4.79 Å². The molecular formula is C17H27F3N2O. The van der Waals surface area contributed by atoms with Gasteiger partial charge in [-0.1, -0.05) is 6.42 Å². The van der Waals surface area contributed by atoms with E-state index in [0.717, 1.165) is 38.8 Å². The first-order valence-electron chi connectivity index (χ1n) is 8.95. The molecule has 0 aromatic carbocycles. The minimum Gasteiger partial charge on any atom is -0.338 e. The summed E-state index contributed by atoms with van der Waals surface area (Å²) in [6.45, 7) is 1.78. The lowest BCUT2D eigenvalue weighted by molar-refractivity contribution is -0.187. The largest absolute Gasteiger partial charge is 0.391 e. The summed E-state index contributed by atoms with van der Waals surface area (Å²) < 4.78 is 39.0. The molecule has 3 aliphatic rings. The second kappa shape index (κ2) is 6.61. The van der Waals surface area contributed by atoms with Gasteiger partial charge in [0.1, 0.15) is 0 Å². The Morgan fingerprint density at radius 3 is 2.30 bits per heavy atom. The molecule has 3 rings (SSSR count). The third kappa shape index (κ3) is 3.52. The second-order valence-corrected chi connectivity index (χ2v) is 7.53. The van der Waals surface area contributed by atoms with E-state index in [4.69, 9.17) is 0 Å². The molecule has 0 radical (unpaired) electrons. The zero-order chi connectivity index (χ0) is 16.6. The average molecular weight is 332 g/mol. The van der Waals surface area contributed by atoms with Crippen LogP contribution in [0.4, 0.5) is 13.2 Å². The van der Waals surface area contributed by atoms with Gasteiger partial charge in [0, 0.05) is 24.5 Å². The van der Waals surface area contributed by atoms with Gasteiger partial charge in [-0.05, 0) is 58.5 Å². The van der Waals surface area contributed by atoms with E-state index in [0.29, 0.717) is 18.9 Å². The van der Waals surface area contributed by atoms with Crippen LogP contribution in [-0.4, -0.2) is 54.1 Å². The molecule has 1 amide bonds. The molecule has 0 N–H and O–H groups in total. The molecule has 3 fully saturated rings. The Morgan fingerprint density at radius 2 is 1.65 bits per heavy atom. The fourth-order valence-corrected chi connectivity index (χ4v) is 4.83. The number of hydrogen-bond acceptors (Lipinski definition) is 2. The molecule has 0 unspecified atom stereocenters. The van der Waals surface area contributed by atoms with Crippen molar-refractivity contribution in [2.45, 2.75) is 69.6 Å². The highest BCUT2D eigenvalue weighted by Crippen LogP contribution is 2.41. The normalized spacial score (nSPS) is 36.6. The molecule has 0 aromatic rings. The molecule has 0 bridgehead atoms. The van der Waals surface area contributed by atoms with Crippen molar-refractivity contribution in [3.8, 4) is 0 Å². The van der Waals surface area contributed by atoms with Crippen LogP contribution in [0, 0.1) is 11.8 Å². The van der Waals surface area contributed by atoms with Gasteiger partial charge in [-0.15, -0.1) is 0 Å². The van der Waals surface area contributed by atoms with Gasteiger partial charge in [0.25, 0.3) is 0 Å². The van der Waals surface area contributed by atoms with Crippen molar-refractivity contribution in [3.05, 3.63) is 0 Å². The number of nitrogens with zero attached hydrogens (tertiary/aromatic N) is 2. The third-order valence-corrected chi connectivity index (χ3v) is 6.09. The number of halogens is 3. The topological polar surface area (TPSA) is 23.6 Å². The van der Waals surface area contributed by atoms with Gasteiger partial charge in [-0.2, -0.15) is 13.2 Å². The van der Waals surface area contributed by atoms with E-state index < -0.39 is 18.0 Å². The Hall–Kier alpha value is -0.780. The number of carbonyl (C=O) groups excluding carboxylic acids is 1. The van der Waals surface area contributed by atoms with Crippen molar-refractivity contribution >= 4 is 5.91 Å². The Kier molecular flexibility index (Phi) is 4.90. The average Bonchev–Trinajstić information content (AvgIpc) is 3.14. The summed E-state index contributed by atoms with van der Waals surface area (Å²) in [5, 5.41) is 0. The van der Waals surface area contributed by atoms with Crippen LogP contribution in [0.15, 0.2) is 0 Å². The molecule has 4 atom stereocenters. The molecule has 3 nitrogen and oxygen atoms in total. The molecule has 2 aliphatic heterocycles. The predicted molar refractivity (Wildman–Crippen MR) is 81.9 cm³/mol. The quantitative estimate of drug-likeness (QED) is 0.773. The van der Waals surface area contributed by atoms with Crippen LogP contribution < -0.4 is 0 Å². The third-order valence-electron chi connectivity index (χ3n) is 6.09. The van der Waals surface area contributed by atoms with Gasteiger partial charge in [0.05, 0.1) is 5.92 Å². The summed E-state index contributed by atoms with van der Waals surface area (Å²) in [5.74, 6) is -1.73. The summed E-state index contributed by atoms with van der Waals surface area (Å²) in [4.78, 5) is 17.1. The lowest BCUT2D eigenvalue weighted by Gasteiger charge is -2.37. The van der Waals surface area contributed by atoms with Crippen molar-refractivity contribution in [3.63, 3.8) is 0 Å². The van der Waals surface area contributed by atoms with Crippen LogP contribution in [0.5, 0.6) is 0 Å². The standard InChI is InChI=1S/C17H27F3N2O/c1-21-9-3-7-14(21)15-8-4-10-22(15)16(23)12-5-2-6-13(11-12)17(18,19)20/h12-15H,2-11H2,1H3/t12-,13+,14-,15+/m1/s1.